The molecule has 252 valence electrons. The summed E-state index contributed by atoms with van der Waals surface area (Å²) in [4.78, 5) is 0. The van der Waals surface area contributed by atoms with Crippen molar-refractivity contribution in [3.8, 4) is 44.5 Å². The van der Waals surface area contributed by atoms with Crippen molar-refractivity contribution in [2.24, 2.45) is 0 Å². The largest absolute Gasteiger partial charge is 0.153 e. The van der Waals surface area contributed by atoms with Crippen LogP contribution in [0.25, 0.3) is 87.6 Å². The lowest BCUT2D eigenvalue weighted by atomic mass is 9.77. The molecule has 53 heavy (non-hydrogen) atoms. The molecule has 1 heteroatoms. The van der Waals surface area contributed by atoms with Gasteiger partial charge in [-0.15, -0.1) is 0 Å². The molecule has 1 unspecified atom stereocenters. The molecule has 0 aliphatic rings. The quantitative estimate of drug-likeness (QED) is 0.127. The number of benzene rings is 10. The number of fused-ring (bicyclic) bond motifs is 4. The van der Waals surface area contributed by atoms with Gasteiger partial charge in [-0.2, -0.15) is 9.90 Å². The summed E-state index contributed by atoms with van der Waals surface area (Å²) in [5.41, 5.74) is 9.99. The predicted octanol–water partition coefficient (Wildman–Crippen LogP) is 14.7. The van der Waals surface area contributed by atoms with E-state index in [1.165, 1.54) is 87.6 Å². The fourth-order valence-corrected chi connectivity index (χ4v) is 7.82. The molecule has 0 aliphatic carbocycles. The van der Waals surface area contributed by atoms with Crippen LogP contribution in [0, 0.1) is 0 Å². The zero-order valence-corrected chi connectivity index (χ0v) is 30.8. The minimum absolute atomic E-state index is 0. The fraction of sp³-hybridized carbons (Fsp3) is 0. The van der Waals surface area contributed by atoms with E-state index < -0.39 is 0 Å². The van der Waals surface area contributed by atoms with Gasteiger partial charge in [-0.1, -0.05) is 206 Å². The van der Waals surface area contributed by atoms with E-state index in [4.69, 9.17) is 1.37 Å². The van der Waals surface area contributed by atoms with Gasteiger partial charge in [0.2, 0.25) is 0 Å². The smallest absolute Gasteiger partial charge is 0.0623 e. The van der Waals surface area contributed by atoms with Gasteiger partial charge in [0.25, 0.3) is 0 Å². The first kappa shape index (κ1) is 32.6. The molecule has 10 aromatic carbocycles. The highest BCUT2D eigenvalue weighted by Crippen LogP contribution is 2.53. The molecule has 0 saturated heterocycles. The van der Waals surface area contributed by atoms with Crippen molar-refractivity contribution >= 4 is 53.0 Å². The highest BCUT2D eigenvalue weighted by atomic mass is 31.0. The Kier molecular flexibility index (Phi) is 9.28. The van der Waals surface area contributed by atoms with Gasteiger partial charge in [-0.05, 0) is 99.7 Å². The van der Waals surface area contributed by atoms with Crippen molar-refractivity contribution in [3.63, 3.8) is 0 Å². The molecule has 10 rings (SSSR count). The molecule has 10 aromatic rings. The molecule has 0 bridgehead atoms. The predicted molar refractivity (Wildman–Crippen MR) is 236 cm³/mol. The van der Waals surface area contributed by atoms with Gasteiger partial charge in [0.1, 0.15) is 0 Å². The Morgan fingerprint density at radius 1 is 0.264 bits per heavy atom. The molecule has 0 saturated carbocycles. The SMILES string of the molecule is P.[3H]c1ccccc1.c1ccc(-c2c3ccccc3c(-c3ccccc3)c3c(-c4ccccc4)c4cc5ccccc5cc4c(-c4ccccc4)c23)cc1. The summed E-state index contributed by atoms with van der Waals surface area (Å²) in [5, 5.41) is 10.1. The molecule has 0 fully saturated rings. The van der Waals surface area contributed by atoms with Gasteiger partial charge >= 0.3 is 0 Å². The maximum atomic E-state index is 7.00. The Hall–Kier alpha value is -6.33. The van der Waals surface area contributed by atoms with Crippen LogP contribution in [-0.2, 0) is 0 Å². The van der Waals surface area contributed by atoms with Crippen molar-refractivity contribution in [1.29, 1.82) is 0 Å². The van der Waals surface area contributed by atoms with E-state index in [1.54, 1.807) is 12.1 Å². The monoisotopic (exact) mass is 696 g/mol. The van der Waals surface area contributed by atoms with Crippen LogP contribution in [0.4, 0.5) is 0 Å². The molecule has 0 spiro atoms. The molecule has 0 nitrogen and oxygen atoms in total. The summed E-state index contributed by atoms with van der Waals surface area (Å²) in [5.74, 6) is 0. The summed E-state index contributed by atoms with van der Waals surface area (Å²) in [7, 11) is 0. The summed E-state index contributed by atoms with van der Waals surface area (Å²) in [6.07, 6.45) is 0. The van der Waals surface area contributed by atoms with Gasteiger partial charge in [-0.3, -0.25) is 0 Å². The average molecular weight is 697 g/mol. The van der Waals surface area contributed by atoms with E-state index in [9.17, 15) is 0 Å². The van der Waals surface area contributed by atoms with Gasteiger partial charge in [0.15, 0.2) is 0 Å². The van der Waals surface area contributed by atoms with Crippen LogP contribution >= 0.6 is 9.90 Å². The van der Waals surface area contributed by atoms with Crippen LogP contribution in [0.15, 0.2) is 218 Å². The van der Waals surface area contributed by atoms with Crippen molar-refractivity contribution in [2.45, 2.75) is 0 Å². The van der Waals surface area contributed by atoms with Crippen LogP contribution in [0.5, 0.6) is 0 Å². The zero-order valence-electron chi connectivity index (χ0n) is 30.4. The number of hydrogen-bond donors (Lipinski definition) is 0. The minimum Gasteiger partial charge on any atom is -0.153 e. The lowest BCUT2D eigenvalue weighted by Gasteiger charge is -2.25. The van der Waals surface area contributed by atoms with Gasteiger partial charge < -0.3 is 0 Å². The van der Waals surface area contributed by atoms with Crippen molar-refractivity contribution in [2.75, 3.05) is 0 Å². The van der Waals surface area contributed by atoms with E-state index in [0.29, 0.717) is 6.04 Å². The first-order valence-electron chi connectivity index (χ1n) is 18.4. The maximum absolute atomic E-state index is 7.00. The first-order valence-corrected chi connectivity index (χ1v) is 17.9. The molecule has 0 aromatic heterocycles. The Morgan fingerprint density at radius 2 is 0.528 bits per heavy atom. The third-order valence-electron chi connectivity index (χ3n) is 10.00. The van der Waals surface area contributed by atoms with Crippen LogP contribution in [-0.4, -0.2) is 0 Å². The van der Waals surface area contributed by atoms with E-state index in [2.05, 4.69) is 182 Å². The van der Waals surface area contributed by atoms with Crippen LogP contribution in [0.1, 0.15) is 1.37 Å². The van der Waals surface area contributed by atoms with Gasteiger partial charge in [-0.25, -0.2) is 0 Å². The standard InChI is InChI=1S/C46H30.C6H6.H3P/c1-5-17-31(18-6-1)41-37-27-15-16-28-38(37)42(32-19-7-2-8-20-32)46-44(34-23-11-4-12-24-34)40-30-36-26-14-13-25-35(36)29-39(40)43(45(41)46)33-21-9-3-10-22-33;1-2-4-6-5-3-1;/h1-30H;1-6H;1H3/i;1T;. The highest BCUT2D eigenvalue weighted by molar-refractivity contribution is 6.92. The number of hydrogen-bond acceptors (Lipinski definition) is 0. The number of rotatable bonds is 4. The molecule has 0 radical (unpaired) electrons. The molecule has 0 N–H and O–H groups in total. The lowest BCUT2D eigenvalue weighted by Crippen LogP contribution is -1.98. The second kappa shape index (κ2) is 15.1. The summed E-state index contributed by atoms with van der Waals surface area (Å²) < 4.78 is 7.00. The van der Waals surface area contributed by atoms with Crippen LogP contribution < -0.4 is 0 Å². The van der Waals surface area contributed by atoms with E-state index in [0.717, 1.165) is 0 Å². The van der Waals surface area contributed by atoms with Crippen molar-refractivity contribution < 1.29 is 1.37 Å². The molecular weight excluding hydrogens is 656 g/mol. The molecule has 0 aliphatic heterocycles. The minimum atomic E-state index is 0. The second-order valence-electron chi connectivity index (χ2n) is 13.1. The molecule has 0 heterocycles. The van der Waals surface area contributed by atoms with Crippen LogP contribution in [0.2, 0.25) is 0 Å². The zero-order chi connectivity index (χ0) is 35.6. The lowest BCUT2D eigenvalue weighted by molar-refractivity contribution is 1.63. The average Bonchev–Trinajstić information content (AvgIpc) is 3.23. The second-order valence-corrected chi connectivity index (χ2v) is 13.1. The third kappa shape index (κ3) is 6.29. The first-order chi connectivity index (χ1) is 26.3. The van der Waals surface area contributed by atoms with Crippen molar-refractivity contribution in [3.05, 3.63) is 218 Å². The Bertz CT molecular complexity index is 2670. The molecular formula is C52H39P. The Balaban J connectivity index is 0.000000468. The van der Waals surface area contributed by atoms with Crippen molar-refractivity contribution in [1.82, 2.24) is 0 Å². The van der Waals surface area contributed by atoms with Gasteiger partial charge in [0, 0.05) is 0 Å². The van der Waals surface area contributed by atoms with E-state index in [-0.39, 0.29) is 9.90 Å². The molecule has 1 atom stereocenters. The normalized spacial score (nSPS) is 11.1. The Morgan fingerprint density at radius 3 is 0.849 bits per heavy atom. The highest BCUT2D eigenvalue weighted by Gasteiger charge is 2.26. The summed E-state index contributed by atoms with van der Waals surface area (Å²) in [6.45, 7) is 0. The molecule has 0 amide bonds. The van der Waals surface area contributed by atoms with E-state index >= 15 is 0 Å². The van der Waals surface area contributed by atoms with E-state index in [1.807, 2.05) is 18.2 Å². The topological polar surface area (TPSA) is 0 Å². The maximum Gasteiger partial charge on any atom is 0.0623 e. The third-order valence-corrected chi connectivity index (χ3v) is 10.00. The van der Waals surface area contributed by atoms with Crippen LogP contribution in [0.3, 0.4) is 0 Å². The Labute approximate surface area is 316 Å². The summed E-state index contributed by atoms with van der Waals surface area (Å²) >= 11 is 0. The fourth-order valence-electron chi connectivity index (χ4n) is 7.82. The van der Waals surface area contributed by atoms with Gasteiger partial charge in [0.05, 0.1) is 1.37 Å². The summed E-state index contributed by atoms with van der Waals surface area (Å²) in [6, 6.07) is 76.2.